The molecule has 41 heavy (non-hydrogen) atoms. The summed E-state index contributed by atoms with van der Waals surface area (Å²) in [5, 5.41) is 22.4. The van der Waals surface area contributed by atoms with Gasteiger partial charge in [-0.05, 0) is 30.9 Å². The molecule has 0 saturated heterocycles. The predicted octanol–water partition coefficient (Wildman–Crippen LogP) is 5.63. The molecule has 0 spiro atoms. The van der Waals surface area contributed by atoms with E-state index in [2.05, 4.69) is 76.7 Å². The first-order chi connectivity index (χ1) is 19.9. The number of hydrogen-bond acceptors (Lipinski definition) is 12. The average molecular weight is 583 g/mol. The summed E-state index contributed by atoms with van der Waals surface area (Å²) in [7, 11) is 0. The van der Waals surface area contributed by atoms with Gasteiger partial charge in [-0.3, -0.25) is 10.2 Å². The van der Waals surface area contributed by atoms with Crippen molar-refractivity contribution in [2.24, 2.45) is 0 Å². The maximum Gasteiger partial charge on any atom is 0.228 e. The zero-order valence-corrected chi connectivity index (χ0v) is 24.1. The molecular formula is C27H26N12S2. The van der Waals surface area contributed by atoms with E-state index in [0.717, 1.165) is 57.0 Å². The summed E-state index contributed by atoms with van der Waals surface area (Å²) in [6, 6.07) is 3.58. The molecule has 0 amide bonds. The minimum absolute atomic E-state index is 0.0456. The van der Waals surface area contributed by atoms with Crippen LogP contribution in [0.15, 0.2) is 49.3 Å². The Labute approximate surface area is 243 Å². The van der Waals surface area contributed by atoms with E-state index in [1.165, 1.54) is 9.75 Å². The predicted molar refractivity (Wildman–Crippen MR) is 159 cm³/mol. The Balaban J connectivity index is 0.000000135. The fraction of sp³-hybridized carbons (Fsp3) is 0.259. The maximum atomic E-state index is 4.72. The second-order valence-electron chi connectivity index (χ2n) is 10.5. The van der Waals surface area contributed by atoms with Crippen molar-refractivity contribution in [2.75, 3.05) is 10.6 Å². The average Bonchev–Trinajstić information content (AvgIpc) is 3.76. The number of H-pyrrole nitrogens is 2. The van der Waals surface area contributed by atoms with Crippen LogP contribution in [0.3, 0.4) is 0 Å². The van der Waals surface area contributed by atoms with E-state index in [1.807, 2.05) is 12.4 Å². The molecule has 0 bridgehead atoms. The van der Waals surface area contributed by atoms with Gasteiger partial charge in [0.25, 0.3) is 0 Å². The van der Waals surface area contributed by atoms with E-state index in [1.54, 1.807) is 59.6 Å². The van der Waals surface area contributed by atoms with E-state index in [0.29, 0.717) is 17.8 Å². The zero-order chi connectivity index (χ0) is 28.0. The van der Waals surface area contributed by atoms with Crippen LogP contribution in [0.1, 0.15) is 47.8 Å². The quantitative estimate of drug-likeness (QED) is 0.205. The second-order valence-corrected chi connectivity index (χ2v) is 12.5. The number of nitrogens with zero attached hydrogens (tertiary/aromatic N) is 8. The van der Waals surface area contributed by atoms with Gasteiger partial charge in [-0.25, -0.2) is 29.9 Å². The van der Waals surface area contributed by atoms with Crippen molar-refractivity contribution in [2.45, 2.75) is 44.9 Å². The van der Waals surface area contributed by atoms with Crippen LogP contribution < -0.4 is 10.6 Å². The minimum atomic E-state index is 0.0456. The molecule has 0 saturated carbocycles. The van der Waals surface area contributed by atoms with Crippen LogP contribution in [0.2, 0.25) is 0 Å². The standard InChI is InChI=1S/C14H14N6S.C13H12N6S/c1-14(2)6-9-8(7-17-20-9)10-11(14)21-13(18-10)19-12-15-4-3-5-16-12;1-7-5-9-8(6-16-19-9)10-11(7)20-13(17-10)18-12-14-3-2-4-15-12/h3-5,7H,6H2,1-2H3,(H,17,20)(H,15,16,18,19);2-4,6-7H,5H2,1H3,(H,16,19)(H,14,15,17,18). The molecule has 0 aromatic carbocycles. The van der Waals surface area contributed by atoms with Crippen LogP contribution in [-0.4, -0.2) is 50.3 Å². The molecule has 0 fully saturated rings. The highest BCUT2D eigenvalue weighted by molar-refractivity contribution is 7.16. The molecule has 14 heteroatoms. The van der Waals surface area contributed by atoms with Crippen molar-refractivity contribution in [3.05, 3.63) is 70.5 Å². The topological polar surface area (TPSA) is 159 Å². The van der Waals surface area contributed by atoms with Crippen LogP contribution in [0.25, 0.3) is 22.5 Å². The van der Waals surface area contributed by atoms with Crippen molar-refractivity contribution >= 4 is 44.8 Å². The van der Waals surface area contributed by atoms with E-state index < -0.39 is 0 Å². The fourth-order valence-corrected chi connectivity index (χ4v) is 7.19. The van der Waals surface area contributed by atoms with Gasteiger partial charge < -0.3 is 10.6 Å². The monoisotopic (exact) mass is 582 g/mol. The number of thiazole rings is 2. The Morgan fingerprint density at radius 3 is 2.00 bits per heavy atom. The van der Waals surface area contributed by atoms with Crippen LogP contribution in [0.5, 0.6) is 0 Å². The van der Waals surface area contributed by atoms with Gasteiger partial charge in [0.2, 0.25) is 11.9 Å². The molecule has 0 radical (unpaired) electrons. The Morgan fingerprint density at radius 1 is 0.780 bits per heavy atom. The van der Waals surface area contributed by atoms with Crippen LogP contribution in [0.4, 0.5) is 22.2 Å². The van der Waals surface area contributed by atoms with E-state index in [9.17, 15) is 0 Å². The Bertz CT molecular complexity index is 1800. The summed E-state index contributed by atoms with van der Waals surface area (Å²) in [6.45, 7) is 6.68. The number of rotatable bonds is 4. The third-order valence-electron chi connectivity index (χ3n) is 6.99. The Morgan fingerprint density at radius 2 is 1.34 bits per heavy atom. The third-order valence-corrected chi connectivity index (χ3v) is 9.53. The molecule has 12 nitrogen and oxygen atoms in total. The number of fused-ring (bicyclic) bond motifs is 6. The summed E-state index contributed by atoms with van der Waals surface area (Å²) in [4.78, 5) is 28.6. The molecule has 0 aliphatic heterocycles. The highest BCUT2D eigenvalue weighted by Gasteiger charge is 2.35. The van der Waals surface area contributed by atoms with Crippen molar-refractivity contribution in [3.8, 4) is 22.5 Å². The first-order valence-corrected chi connectivity index (χ1v) is 14.7. The van der Waals surface area contributed by atoms with Crippen molar-refractivity contribution in [1.82, 2.24) is 50.3 Å². The van der Waals surface area contributed by atoms with Crippen LogP contribution in [0, 0.1) is 0 Å². The number of aromatic amines is 2. The molecule has 6 aromatic rings. The number of anilines is 4. The van der Waals surface area contributed by atoms with E-state index in [-0.39, 0.29) is 5.41 Å². The molecule has 1 atom stereocenters. The SMILES string of the molecule is CC1(C)Cc2[nH]ncc2-c2nc(Nc3ncccn3)sc21.CC1Cc2[nH]ncc2-c2nc(Nc3ncccn3)sc21. The summed E-state index contributed by atoms with van der Waals surface area (Å²) in [5.41, 5.74) is 6.61. The molecule has 6 heterocycles. The molecule has 1 unspecified atom stereocenters. The van der Waals surface area contributed by atoms with Crippen LogP contribution in [-0.2, 0) is 18.3 Å². The van der Waals surface area contributed by atoms with Crippen molar-refractivity contribution in [3.63, 3.8) is 0 Å². The lowest BCUT2D eigenvalue weighted by molar-refractivity contribution is 0.519. The normalized spacial score (nSPS) is 15.9. The lowest BCUT2D eigenvalue weighted by Gasteiger charge is -2.27. The smallest absolute Gasteiger partial charge is 0.228 e. The molecule has 2 aliphatic rings. The van der Waals surface area contributed by atoms with Crippen molar-refractivity contribution < 1.29 is 0 Å². The van der Waals surface area contributed by atoms with Gasteiger partial charge in [-0.2, -0.15) is 10.2 Å². The Hall–Kier alpha value is -4.56. The molecule has 6 aromatic heterocycles. The van der Waals surface area contributed by atoms with Gasteiger partial charge >= 0.3 is 0 Å². The number of nitrogens with one attached hydrogen (secondary N) is 4. The summed E-state index contributed by atoms with van der Waals surface area (Å²) >= 11 is 3.32. The highest BCUT2D eigenvalue weighted by atomic mass is 32.1. The number of hydrogen-bond donors (Lipinski definition) is 4. The van der Waals surface area contributed by atoms with Gasteiger partial charge in [0.1, 0.15) is 0 Å². The zero-order valence-electron chi connectivity index (χ0n) is 22.5. The molecule has 8 rings (SSSR count). The Kier molecular flexibility index (Phi) is 6.27. The lowest BCUT2D eigenvalue weighted by Crippen LogP contribution is -2.23. The minimum Gasteiger partial charge on any atom is -0.300 e. The molecule has 4 N–H and O–H groups in total. The second kappa shape index (κ2) is 10.1. The summed E-state index contributed by atoms with van der Waals surface area (Å²) in [6.07, 6.45) is 12.5. The fourth-order valence-electron chi connectivity index (χ4n) is 5.09. The van der Waals surface area contributed by atoms with E-state index >= 15 is 0 Å². The van der Waals surface area contributed by atoms with Gasteiger partial charge in [-0.1, -0.05) is 20.8 Å². The van der Waals surface area contributed by atoms with Gasteiger partial charge in [-0.15, -0.1) is 22.7 Å². The molecule has 2 aliphatic carbocycles. The molecule has 206 valence electrons. The lowest BCUT2D eigenvalue weighted by atomic mass is 9.79. The maximum absolute atomic E-state index is 4.72. The first kappa shape index (κ1) is 25.4. The van der Waals surface area contributed by atoms with E-state index in [4.69, 9.17) is 4.98 Å². The summed E-state index contributed by atoms with van der Waals surface area (Å²) < 4.78 is 0. The summed E-state index contributed by atoms with van der Waals surface area (Å²) in [5.74, 6) is 1.58. The van der Waals surface area contributed by atoms with Crippen molar-refractivity contribution in [1.29, 1.82) is 0 Å². The van der Waals surface area contributed by atoms with Crippen LogP contribution >= 0.6 is 22.7 Å². The molecular weight excluding hydrogens is 557 g/mol. The third kappa shape index (κ3) is 4.85. The van der Waals surface area contributed by atoms with Gasteiger partial charge in [0.15, 0.2) is 10.3 Å². The first-order valence-electron chi connectivity index (χ1n) is 13.1. The largest absolute Gasteiger partial charge is 0.300 e. The van der Waals surface area contributed by atoms with Gasteiger partial charge in [0.05, 0.1) is 23.8 Å². The number of aromatic nitrogens is 10. The van der Waals surface area contributed by atoms with Gasteiger partial charge in [0, 0.05) is 62.5 Å². The highest BCUT2D eigenvalue weighted by Crippen LogP contribution is 2.46.